The Morgan fingerprint density at radius 2 is 1.89 bits per heavy atom. The summed E-state index contributed by atoms with van der Waals surface area (Å²) in [6.45, 7) is 0.366. The summed E-state index contributed by atoms with van der Waals surface area (Å²) in [7, 11) is 0. The van der Waals surface area contributed by atoms with Crippen molar-refractivity contribution in [3.8, 4) is 0 Å². The third kappa shape index (κ3) is 3.35. The molecule has 3 nitrogen and oxygen atoms in total. The Bertz CT molecular complexity index is 517. The van der Waals surface area contributed by atoms with Crippen LogP contribution < -0.4 is 5.32 Å². The van der Waals surface area contributed by atoms with E-state index in [0.717, 1.165) is 11.3 Å². The molecule has 2 N–H and O–H groups in total. The second-order valence-electron chi connectivity index (χ2n) is 3.80. The van der Waals surface area contributed by atoms with Crippen molar-refractivity contribution < 1.29 is 5.11 Å². The molecule has 18 heavy (non-hydrogen) atoms. The van der Waals surface area contributed by atoms with Crippen molar-refractivity contribution in [3.63, 3.8) is 0 Å². The van der Waals surface area contributed by atoms with Crippen molar-refractivity contribution in [2.75, 3.05) is 11.9 Å². The molecule has 0 saturated heterocycles. The Morgan fingerprint density at radius 1 is 1.17 bits per heavy atom. The zero-order chi connectivity index (χ0) is 13.0. The van der Waals surface area contributed by atoms with Crippen molar-refractivity contribution in [1.29, 1.82) is 0 Å². The number of anilines is 1. The molecule has 1 atom stereocenters. The first-order valence-electron chi connectivity index (χ1n) is 5.44. The zero-order valence-corrected chi connectivity index (χ0v) is 11.0. The summed E-state index contributed by atoms with van der Waals surface area (Å²) in [5.74, 6) is 0. The third-order valence-corrected chi connectivity index (χ3v) is 3.07. The minimum atomic E-state index is -0.619. The molecule has 0 bridgehead atoms. The quantitative estimate of drug-likeness (QED) is 0.902. The van der Waals surface area contributed by atoms with E-state index >= 15 is 0 Å². The van der Waals surface area contributed by atoms with Gasteiger partial charge in [-0.25, -0.2) is 0 Å². The van der Waals surface area contributed by atoms with Gasteiger partial charge in [0.15, 0.2) is 0 Å². The molecule has 2 aromatic rings. The van der Waals surface area contributed by atoms with Crippen molar-refractivity contribution in [2.45, 2.75) is 6.10 Å². The monoisotopic (exact) mass is 282 g/mol. The largest absolute Gasteiger partial charge is 0.387 e. The molecule has 0 aliphatic heterocycles. The van der Waals surface area contributed by atoms with Crippen LogP contribution in [0.2, 0.25) is 10.0 Å². The Labute approximate surface area is 115 Å². The molecule has 5 heteroatoms. The number of benzene rings is 1. The van der Waals surface area contributed by atoms with Gasteiger partial charge in [0.2, 0.25) is 0 Å². The Morgan fingerprint density at radius 3 is 2.56 bits per heavy atom. The lowest BCUT2D eigenvalue weighted by atomic mass is 10.1. The fraction of sp³-hybridized carbons (Fsp3) is 0.154. The van der Waals surface area contributed by atoms with Crippen LogP contribution in [0.25, 0.3) is 0 Å². The van der Waals surface area contributed by atoms with Crippen LogP contribution in [0.1, 0.15) is 11.7 Å². The SMILES string of the molecule is OC(CNc1ccncc1Cl)c1ccc(Cl)cc1. The number of pyridine rings is 1. The predicted octanol–water partition coefficient (Wildman–Crippen LogP) is 3.53. The molecule has 0 aliphatic rings. The van der Waals surface area contributed by atoms with Gasteiger partial charge in [0, 0.05) is 24.0 Å². The van der Waals surface area contributed by atoms with Gasteiger partial charge < -0.3 is 10.4 Å². The smallest absolute Gasteiger partial charge is 0.0962 e. The minimum absolute atomic E-state index is 0.366. The van der Waals surface area contributed by atoms with Gasteiger partial charge in [-0.1, -0.05) is 35.3 Å². The van der Waals surface area contributed by atoms with Gasteiger partial charge in [-0.05, 0) is 23.8 Å². The molecule has 0 saturated carbocycles. The maximum Gasteiger partial charge on any atom is 0.0962 e. The molecule has 1 unspecified atom stereocenters. The molecule has 0 radical (unpaired) electrons. The van der Waals surface area contributed by atoms with Crippen molar-refractivity contribution in [3.05, 3.63) is 58.3 Å². The molecular weight excluding hydrogens is 271 g/mol. The highest BCUT2D eigenvalue weighted by Crippen LogP contribution is 2.21. The lowest BCUT2D eigenvalue weighted by Gasteiger charge is -2.13. The highest BCUT2D eigenvalue weighted by molar-refractivity contribution is 6.33. The van der Waals surface area contributed by atoms with Gasteiger partial charge in [0.25, 0.3) is 0 Å². The maximum absolute atomic E-state index is 10.00. The molecule has 0 aliphatic carbocycles. The van der Waals surface area contributed by atoms with E-state index in [4.69, 9.17) is 23.2 Å². The number of hydrogen-bond acceptors (Lipinski definition) is 3. The third-order valence-electron chi connectivity index (χ3n) is 2.51. The van der Waals surface area contributed by atoms with Crippen LogP contribution in [-0.4, -0.2) is 16.6 Å². The van der Waals surface area contributed by atoms with Crippen molar-refractivity contribution >= 4 is 28.9 Å². The number of nitrogens with zero attached hydrogens (tertiary/aromatic N) is 1. The number of halogens is 2. The van der Waals surface area contributed by atoms with E-state index < -0.39 is 6.10 Å². The first-order chi connectivity index (χ1) is 8.66. The number of aliphatic hydroxyl groups excluding tert-OH is 1. The second-order valence-corrected chi connectivity index (χ2v) is 4.65. The van der Waals surface area contributed by atoms with Crippen LogP contribution in [0.4, 0.5) is 5.69 Å². The Balaban J connectivity index is 1.98. The molecule has 2 rings (SSSR count). The van der Waals surface area contributed by atoms with Gasteiger partial charge in [-0.2, -0.15) is 0 Å². The first-order valence-corrected chi connectivity index (χ1v) is 6.19. The minimum Gasteiger partial charge on any atom is -0.387 e. The topological polar surface area (TPSA) is 45.1 Å². The molecular formula is C13H12Cl2N2O. The predicted molar refractivity (Wildman–Crippen MR) is 74.1 cm³/mol. The van der Waals surface area contributed by atoms with E-state index in [-0.39, 0.29) is 0 Å². The molecule has 0 spiro atoms. The van der Waals surface area contributed by atoms with Gasteiger partial charge in [-0.15, -0.1) is 0 Å². The molecule has 0 fully saturated rings. The molecule has 1 aromatic carbocycles. The summed E-state index contributed by atoms with van der Waals surface area (Å²) in [4.78, 5) is 3.89. The van der Waals surface area contributed by atoms with Gasteiger partial charge in [0.05, 0.1) is 16.8 Å². The molecule has 1 heterocycles. The van der Waals surface area contributed by atoms with Crippen molar-refractivity contribution in [2.24, 2.45) is 0 Å². The normalized spacial score (nSPS) is 12.2. The standard InChI is InChI=1S/C13H12Cl2N2O/c14-10-3-1-9(2-4-10)13(18)8-17-12-5-6-16-7-11(12)15/h1-7,13,18H,8H2,(H,16,17). The van der Waals surface area contributed by atoms with E-state index in [9.17, 15) is 5.11 Å². The second kappa shape index (κ2) is 6.05. The maximum atomic E-state index is 10.00. The van der Waals surface area contributed by atoms with E-state index in [1.54, 1.807) is 42.7 Å². The van der Waals surface area contributed by atoms with Crippen LogP contribution in [0.5, 0.6) is 0 Å². The summed E-state index contributed by atoms with van der Waals surface area (Å²) in [6.07, 6.45) is 2.58. The van der Waals surface area contributed by atoms with E-state index in [0.29, 0.717) is 16.6 Å². The summed E-state index contributed by atoms with van der Waals surface area (Å²) < 4.78 is 0. The highest BCUT2D eigenvalue weighted by Gasteiger charge is 2.08. The van der Waals surface area contributed by atoms with Gasteiger partial charge >= 0.3 is 0 Å². The van der Waals surface area contributed by atoms with Crippen molar-refractivity contribution in [1.82, 2.24) is 4.98 Å². The van der Waals surface area contributed by atoms with Crippen LogP contribution in [-0.2, 0) is 0 Å². The highest BCUT2D eigenvalue weighted by atomic mass is 35.5. The summed E-state index contributed by atoms with van der Waals surface area (Å²) in [5.41, 5.74) is 1.55. The molecule has 94 valence electrons. The van der Waals surface area contributed by atoms with Crippen LogP contribution >= 0.6 is 23.2 Å². The fourth-order valence-corrected chi connectivity index (χ4v) is 1.84. The summed E-state index contributed by atoms with van der Waals surface area (Å²) in [5, 5.41) is 14.2. The Hall–Kier alpha value is -1.29. The number of nitrogens with one attached hydrogen (secondary N) is 1. The lowest BCUT2D eigenvalue weighted by molar-refractivity contribution is 0.191. The lowest BCUT2D eigenvalue weighted by Crippen LogP contribution is -2.12. The Kier molecular flexibility index (Phi) is 4.42. The zero-order valence-electron chi connectivity index (χ0n) is 9.48. The first kappa shape index (κ1) is 13.1. The number of hydrogen-bond donors (Lipinski definition) is 2. The number of aliphatic hydroxyl groups is 1. The average Bonchev–Trinajstić information content (AvgIpc) is 2.38. The van der Waals surface area contributed by atoms with Crippen LogP contribution in [0.15, 0.2) is 42.7 Å². The number of rotatable bonds is 4. The molecule has 0 amide bonds. The van der Waals surface area contributed by atoms with E-state index in [2.05, 4.69) is 10.3 Å². The van der Waals surface area contributed by atoms with Crippen LogP contribution in [0, 0.1) is 0 Å². The van der Waals surface area contributed by atoms with E-state index in [1.807, 2.05) is 0 Å². The van der Waals surface area contributed by atoms with Gasteiger partial charge in [-0.3, -0.25) is 4.98 Å². The summed E-state index contributed by atoms with van der Waals surface area (Å²) in [6, 6.07) is 8.85. The van der Waals surface area contributed by atoms with Crippen LogP contribution in [0.3, 0.4) is 0 Å². The number of aromatic nitrogens is 1. The summed E-state index contributed by atoms with van der Waals surface area (Å²) >= 11 is 11.7. The molecule has 1 aromatic heterocycles. The van der Waals surface area contributed by atoms with E-state index in [1.165, 1.54) is 0 Å². The van der Waals surface area contributed by atoms with Gasteiger partial charge in [0.1, 0.15) is 0 Å². The average molecular weight is 283 g/mol. The fourth-order valence-electron chi connectivity index (χ4n) is 1.53.